The summed E-state index contributed by atoms with van der Waals surface area (Å²) in [5, 5.41) is 3.56. The minimum Gasteiger partial charge on any atom is -0.313 e. The Morgan fingerprint density at radius 3 is 2.87 bits per heavy atom. The number of Topliss-reactive ketones (excluding diaryl/α,β-unsaturated/α-hetero) is 1. The van der Waals surface area contributed by atoms with Gasteiger partial charge >= 0.3 is 0 Å². The average Bonchev–Trinajstić information content (AvgIpc) is 2.43. The zero-order valence-corrected chi connectivity index (χ0v) is 9.80. The zero-order chi connectivity index (χ0) is 10.7. The first-order valence-corrected chi connectivity index (χ1v) is 6.53. The molecule has 0 amide bonds. The molecule has 3 atom stereocenters. The molecule has 2 rings (SSSR count). The van der Waals surface area contributed by atoms with E-state index in [4.69, 9.17) is 0 Å². The van der Waals surface area contributed by atoms with Crippen molar-refractivity contribution < 1.29 is 4.79 Å². The van der Waals surface area contributed by atoms with Crippen LogP contribution >= 0.6 is 0 Å². The van der Waals surface area contributed by atoms with Crippen LogP contribution in [0.25, 0.3) is 0 Å². The fourth-order valence-electron chi connectivity index (χ4n) is 3.07. The number of hydrogen-bond donors (Lipinski definition) is 1. The van der Waals surface area contributed by atoms with E-state index < -0.39 is 0 Å². The third-order valence-electron chi connectivity index (χ3n) is 4.04. The highest BCUT2D eigenvalue weighted by molar-refractivity contribution is 5.81. The van der Waals surface area contributed by atoms with Crippen LogP contribution in [0.4, 0.5) is 0 Å². The SMILES string of the molecule is CC1CCNC(C2CCCCCC2=O)C1. The van der Waals surface area contributed by atoms with Gasteiger partial charge in [-0.1, -0.05) is 19.8 Å². The van der Waals surface area contributed by atoms with Crippen molar-refractivity contribution in [3.8, 4) is 0 Å². The van der Waals surface area contributed by atoms with Gasteiger partial charge in [-0.05, 0) is 38.1 Å². The maximum absolute atomic E-state index is 12.0. The Balaban J connectivity index is 1.97. The second kappa shape index (κ2) is 5.11. The molecule has 1 aliphatic carbocycles. The van der Waals surface area contributed by atoms with Crippen LogP contribution in [0.15, 0.2) is 0 Å². The first-order chi connectivity index (χ1) is 7.27. The van der Waals surface area contributed by atoms with Crippen molar-refractivity contribution in [2.45, 2.75) is 57.9 Å². The van der Waals surface area contributed by atoms with Gasteiger partial charge in [-0.25, -0.2) is 0 Å². The van der Waals surface area contributed by atoms with Crippen molar-refractivity contribution in [2.24, 2.45) is 11.8 Å². The highest BCUT2D eigenvalue weighted by Crippen LogP contribution is 2.28. The molecule has 2 fully saturated rings. The number of ketones is 1. The van der Waals surface area contributed by atoms with Crippen LogP contribution in [0.5, 0.6) is 0 Å². The van der Waals surface area contributed by atoms with Crippen molar-refractivity contribution in [3.05, 3.63) is 0 Å². The molecule has 2 nitrogen and oxygen atoms in total. The van der Waals surface area contributed by atoms with Crippen LogP contribution in [0, 0.1) is 11.8 Å². The van der Waals surface area contributed by atoms with E-state index in [2.05, 4.69) is 12.2 Å². The molecular weight excluding hydrogens is 186 g/mol. The van der Waals surface area contributed by atoms with E-state index in [0.717, 1.165) is 31.7 Å². The molecule has 3 unspecified atom stereocenters. The molecule has 2 heteroatoms. The normalized spacial score (nSPS) is 38.7. The number of carbonyl (C=O) groups excluding carboxylic acids is 1. The van der Waals surface area contributed by atoms with Crippen molar-refractivity contribution in [1.29, 1.82) is 0 Å². The minimum absolute atomic E-state index is 0.329. The summed E-state index contributed by atoms with van der Waals surface area (Å²) in [5.41, 5.74) is 0. The Morgan fingerprint density at radius 1 is 1.20 bits per heavy atom. The van der Waals surface area contributed by atoms with E-state index in [1.807, 2.05) is 0 Å². The first kappa shape index (κ1) is 11.1. The van der Waals surface area contributed by atoms with Crippen molar-refractivity contribution >= 4 is 5.78 Å². The molecule has 2 aliphatic rings. The van der Waals surface area contributed by atoms with E-state index in [-0.39, 0.29) is 0 Å². The summed E-state index contributed by atoms with van der Waals surface area (Å²) >= 11 is 0. The number of hydrogen-bond acceptors (Lipinski definition) is 2. The first-order valence-electron chi connectivity index (χ1n) is 6.53. The van der Waals surface area contributed by atoms with Crippen LogP contribution in [-0.2, 0) is 4.79 Å². The second-order valence-electron chi connectivity index (χ2n) is 5.36. The van der Waals surface area contributed by atoms with Crippen molar-refractivity contribution in [3.63, 3.8) is 0 Å². The van der Waals surface area contributed by atoms with E-state index in [0.29, 0.717) is 17.7 Å². The van der Waals surface area contributed by atoms with Crippen LogP contribution < -0.4 is 5.32 Å². The number of piperidine rings is 1. The standard InChI is InChI=1S/C13H23NO/c1-10-7-8-14-12(9-10)11-5-3-2-4-6-13(11)15/h10-12,14H,2-9H2,1H3. The topological polar surface area (TPSA) is 29.1 Å². The Morgan fingerprint density at radius 2 is 2.07 bits per heavy atom. The van der Waals surface area contributed by atoms with Gasteiger partial charge in [0.2, 0.25) is 0 Å². The summed E-state index contributed by atoms with van der Waals surface area (Å²) < 4.78 is 0. The highest BCUT2D eigenvalue weighted by Gasteiger charge is 2.31. The third-order valence-corrected chi connectivity index (χ3v) is 4.04. The molecule has 1 aliphatic heterocycles. The largest absolute Gasteiger partial charge is 0.313 e. The van der Waals surface area contributed by atoms with E-state index in [9.17, 15) is 4.79 Å². The molecule has 1 saturated carbocycles. The van der Waals surface area contributed by atoms with Gasteiger partial charge in [0, 0.05) is 18.4 Å². The van der Waals surface area contributed by atoms with Crippen molar-refractivity contribution in [2.75, 3.05) is 6.54 Å². The van der Waals surface area contributed by atoms with Gasteiger partial charge in [0.1, 0.15) is 5.78 Å². The van der Waals surface area contributed by atoms with E-state index in [1.165, 1.54) is 25.7 Å². The molecule has 0 bridgehead atoms. The van der Waals surface area contributed by atoms with Gasteiger partial charge in [0.15, 0.2) is 0 Å². The molecule has 0 aromatic carbocycles. The van der Waals surface area contributed by atoms with Crippen LogP contribution in [0.1, 0.15) is 51.9 Å². The molecular formula is C13H23NO. The van der Waals surface area contributed by atoms with Gasteiger partial charge in [0.05, 0.1) is 0 Å². The maximum atomic E-state index is 12.0. The Kier molecular flexibility index (Phi) is 3.79. The maximum Gasteiger partial charge on any atom is 0.137 e. The molecule has 0 aromatic rings. The number of nitrogens with one attached hydrogen (secondary N) is 1. The van der Waals surface area contributed by atoms with Crippen molar-refractivity contribution in [1.82, 2.24) is 5.32 Å². The Hall–Kier alpha value is -0.370. The van der Waals surface area contributed by atoms with Crippen LogP contribution in [0.2, 0.25) is 0 Å². The molecule has 1 N–H and O–H groups in total. The minimum atomic E-state index is 0.329. The van der Waals surface area contributed by atoms with Crippen LogP contribution in [0.3, 0.4) is 0 Å². The molecule has 1 saturated heterocycles. The lowest BCUT2D eigenvalue weighted by molar-refractivity contribution is -0.124. The van der Waals surface area contributed by atoms with E-state index >= 15 is 0 Å². The number of carbonyl (C=O) groups is 1. The molecule has 0 radical (unpaired) electrons. The third kappa shape index (κ3) is 2.81. The smallest absolute Gasteiger partial charge is 0.137 e. The summed E-state index contributed by atoms with van der Waals surface area (Å²) in [6.45, 7) is 3.42. The summed E-state index contributed by atoms with van der Waals surface area (Å²) in [5.74, 6) is 1.65. The number of rotatable bonds is 1. The predicted molar refractivity (Wildman–Crippen MR) is 61.8 cm³/mol. The summed E-state index contributed by atoms with van der Waals surface area (Å²) in [4.78, 5) is 12.0. The fraction of sp³-hybridized carbons (Fsp3) is 0.923. The molecule has 0 spiro atoms. The molecule has 15 heavy (non-hydrogen) atoms. The zero-order valence-electron chi connectivity index (χ0n) is 9.80. The molecule has 86 valence electrons. The monoisotopic (exact) mass is 209 g/mol. The van der Waals surface area contributed by atoms with Crippen LogP contribution in [-0.4, -0.2) is 18.4 Å². The highest BCUT2D eigenvalue weighted by atomic mass is 16.1. The summed E-state index contributed by atoms with van der Waals surface area (Å²) in [6, 6.07) is 0.486. The average molecular weight is 209 g/mol. The van der Waals surface area contributed by atoms with Gasteiger partial charge < -0.3 is 5.32 Å². The quantitative estimate of drug-likeness (QED) is 0.672. The lowest BCUT2D eigenvalue weighted by Gasteiger charge is -2.33. The summed E-state index contributed by atoms with van der Waals surface area (Å²) in [7, 11) is 0. The van der Waals surface area contributed by atoms with Gasteiger partial charge in [-0.3, -0.25) is 4.79 Å². The van der Waals surface area contributed by atoms with E-state index in [1.54, 1.807) is 0 Å². The summed E-state index contributed by atoms with van der Waals surface area (Å²) in [6.07, 6.45) is 8.07. The Labute approximate surface area is 92.8 Å². The van der Waals surface area contributed by atoms with Gasteiger partial charge in [-0.2, -0.15) is 0 Å². The fourth-order valence-corrected chi connectivity index (χ4v) is 3.07. The van der Waals surface area contributed by atoms with Gasteiger partial charge in [-0.15, -0.1) is 0 Å². The van der Waals surface area contributed by atoms with Gasteiger partial charge in [0.25, 0.3) is 0 Å². The predicted octanol–water partition coefficient (Wildman–Crippen LogP) is 2.52. The molecule has 0 aromatic heterocycles. The second-order valence-corrected chi connectivity index (χ2v) is 5.36. The lowest BCUT2D eigenvalue weighted by Crippen LogP contribution is -2.45. The lowest BCUT2D eigenvalue weighted by atomic mass is 9.82. The molecule has 1 heterocycles. The Bertz CT molecular complexity index is 227.